The molecule has 6 nitrogen and oxygen atoms in total. The van der Waals surface area contributed by atoms with Crippen molar-refractivity contribution in [2.24, 2.45) is 0 Å². The summed E-state index contributed by atoms with van der Waals surface area (Å²) in [5, 5.41) is 2.78. The average molecular weight is 327 g/mol. The van der Waals surface area contributed by atoms with Crippen molar-refractivity contribution >= 4 is 15.7 Å². The summed E-state index contributed by atoms with van der Waals surface area (Å²) in [5.41, 5.74) is 0.965. The lowest BCUT2D eigenvalue weighted by Gasteiger charge is -2.12. The molecule has 0 saturated carbocycles. The molecule has 1 atom stereocenters. The van der Waals surface area contributed by atoms with E-state index in [1.54, 1.807) is 20.3 Å². The second-order valence-corrected chi connectivity index (χ2v) is 7.59. The van der Waals surface area contributed by atoms with Crippen LogP contribution in [0, 0.1) is 0 Å². The Morgan fingerprint density at radius 1 is 1.27 bits per heavy atom. The molecule has 0 unspecified atom stereocenters. The van der Waals surface area contributed by atoms with Gasteiger partial charge in [-0.2, -0.15) is 0 Å². The third-order valence-electron chi connectivity index (χ3n) is 3.69. The van der Waals surface area contributed by atoms with E-state index < -0.39 is 9.84 Å². The summed E-state index contributed by atoms with van der Waals surface area (Å²) in [6.07, 6.45) is 1.38. The molecule has 1 aliphatic heterocycles. The number of benzene rings is 1. The number of rotatable bonds is 6. The van der Waals surface area contributed by atoms with Crippen LogP contribution in [0.1, 0.15) is 18.4 Å². The summed E-state index contributed by atoms with van der Waals surface area (Å²) in [7, 11) is 0.164. The van der Waals surface area contributed by atoms with Crippen molar-refractivity contribution in [1.82, 2.24) is 5.32 Å². The molecule has 0 aliphatic carbocycles. The number of carbonyl (C=O) groups is 1. The van der Waals surface area contributed by atoms with Crippen LogP contribution in [-0.4, -0.2) is 46.1 Å². The highest BCUT2D eigenvalue weighted by molar-refractivity contribution is 7.91. The molecule has 1 heterocycles. The molecule has 1 aliphatic rings. The summed E-state index contributed by atoms with van der Waals surface area (Å²) < 4.78 is 33.1. The fraction of sp³-hybridized carbons (Fsp3) is 0.533. The van der Waals surface area contributed by atoms with Gasteiger partial charge in [-0.1, -0.05) is 6.07 Å². The van der Waals surface area contributed by atoms with Crippen molar-refractivity contribution in [1.29, 1.82) is 0 Å². The zero-order chi connectivity index (χ0) is 16.2. The molecule has 0 radical (unpaired) electrons. The lowest BCUT2D eigenvalue weighted by atomic mass is 10.1. The topological polar surface area (TPSA) is 81.7 Å². The van der Waals surface area contributed by atoms with Gasteiger partial charge < -0.3 is 14.8 Å². The number of aryl methyl sites for hydroxylation is 1. The lowest BCUT2D eigenvalue weighted by Crippen LogP contribution is -2.35. The minimum Gasteiger partial charge on any atom is -0.493 e. The van der Waals surface area contributed by atoms with Gasteiger partial charge in [0.1, 0.15) is 0 Å². The van der Waals surface area contributed by atoms with E-state index in [2.05, 4.69) is 5.32 Å². The molecule has 122 valence electrons. The van der Waals surface area contributed by atoms with Crippen LogP contribution in [0.25, 0.3) is 0 Å². The molecule has 1 saturated heterocycles. The molecule has 2 rings (SSSR count). The minimum atomic E-state index is -2.97. The third-order valence-corrected chi connectivity index (χ3v) is 5.45. The van der Waals surface area contributed by atoms with Gasteiger partial charge in [-0.15, -0.1) is 0 Å². The highest BCUT2D eigenvalue weighted by atomic mass is 32.2. The highest BCUT2D eigenvalue weighted by Gasteiger charge is 2.28. The molecule has 0 bridgehead atoms. The van der Waals surface area contributed by atoms with Gasteiger partial charge in [0, 0.05) is 12.5 Å². The smallest absolute Gasteiger partial charge is 0.220 e. The number of methoxy groups -OCH3 is 2. The molecule has 1 N–H and O–H groups in total. The van der Waals surface area contributed by atoms with Crippen LogP contribution in [0.4, 0.5) is 0 Å². The minimum absolute atomic E-state index is 0.0507. The summed E-state index contributed by atoms with van der Waals surface area (Å²) in [6.45, 7) is 0. The molecular weight excluding hydrogens is 306 g/mol. The number of amides is 1. The Labute approximate surface area is 130 Å². The van der Waals surface area contributed by atoms with Crippen LogP contribution in [0.3, 0.4) is 0 Å². The summed E-state index contributed by atoms with van der Waals surface area (Å²) in [6, 6.07) is 5.28. The maximum absolute atomic E-state index is 11.9. The largest absolute Gasteiger partial charge is 0.493 e. The van der Waals surface area contributed by atoms with Crippen LogP contribution >= 0.6 is 0 Å². The Morgan fingerprint density at radius 2 is 2.00 bits per heavy atom. The molecule has 0 aromatic heterocycles. The maximum Gasteiger partial charge on any atom is 0.220 e. The van der Waals surface area contributed by atoms with E-state index in [1.165, 1.54) is 0 Å². The number of hydrogen-bond donors (Lipinski definition) is 1. The Bertz CT molecular complexity index is 641. The predicted molar refractivity (Wildman–Crippen MR) is 83.1 cm³/mol. The van der Waals surface area contributed by atoms with Crippen LogP contribution in [-0.2, 0) is 21.1 Å². The van der Waals surface area contributed by atoms with Gasteiger partial charge in [-0.05, 0) is 30.5 Å². The monoisotopic (exact) mass is 327 g/mol. The summed E-state index contributed by atoms with van der Waals surface area (Å²) in [4.78, 5) is 11.9. The van der Waals surface area contributed by atoms with Crippen LogP contribution < -0.4 is 14.8 Å². The number of hydrogen-bond acceptors (Lipinski definition) is 5. The second kappa shape index (κ2) is 7.00. The van der Waals surface area contributed by atoms with Crippen molar-refractivity contribution in [2.75, 3.05) is 25.7 Å². The molecule has 7 heteroatoms. The first-order valence-electron chi connectivity index (χ1n) is 7.14. The fourth-order valence-electron chi connectivity index (χ4n) is 2.50. The zero-order valence-corrected chi connectivity index (χ0v) is 13.6. The van der Waals surface area contributed by atoms with E-state index in [-0.39, 0.29) is 23.5 Å². The maximum atomic E-state index is 11.9. The molecule has 1 aromatic rings. The van der Waals surface area contributed by atoms with Crippen molar-refractivity contribution < 1.29 is 22.7 Å². The van der Waals surface area contributed by atoms with E-state index in [4.69, 9.17) is 9.47 Å². The van der Waals surface area contributed by atoms with E-state index in [0.717, 1.165) is 5.56 Å². The average Bonchev–Trinajstić information content (AvgIpc) is 2.83. The third kappa shape index (κ3) is 4.37. The first-order chi connectivity index (χ1) is 10.4. The van der Waals surface area contributed by atoms with Crippen molar-refractivity contribution in [3.63, 3.8) is 0 Å². The van der Waals surface area contributed by atoms with Gasteiger partial charge >= 0.3 is 0 Å². The quantitative estimate of drug-likeness (QED) is 0.841. The zero-order valence-electron chi connectivity index (χ0n) is 12.8. The predicted octanol–water partition coefficient (Wildman–Crippen LogP) is 0.940. The number of nitrogens with one attached hydrogen (secondary N) is 1. The van der Waals surface area contributed by atoms with Gasteiger partial charge in [-0.3, -0.25) is 4.79 Å². The van der Waals surface area contributed by atoms with E-state index in [9.17, 15) is 13.2 Å². The van der Waals surface area contributed by atoms with Crippen molar-refractivity contribution in [3.8, 4) is 11.5 Å². The van der Waals surface area contributed by atoms with Gasteiger partial charge in [-0.25, -0.2) is 8.42 Å². The fourth-order valence-corrected chi connectivity index (χ4v) is 4.18. The number of carbonyl (C=O) groups excluding carboxylic acids is 1. The second-order valence-electron chi connectivity index (χ2n) is 5.36. The first kappa shape index (κ1) is 16.6. The molecule has 1 aromatic carbocycles. The molecule has 0 spiro atoms. The van der Waals surface area contributed by atoms with Gasteiger partial charge in [0.05, 0.1) is 25.7 Å². The SMILES string of the molecule is COc1ccc(CCC(=O)N[C@H]2CCS(=O)(=O)C2)cc1OC. The Kier molecular flexibility index (Phi) is 5.28. The van der Waals surface area contributed by atoms with E-state index in [0.29, 0.717) is 30.8 Å². The molecular formula is C15H21NO5S. The number of ether oxygens (including phenoxy) is 2. The Hall–Kier alpha value is -1.76. The van der Waals surface area contributed by atoms with Gasteiger partial charge in [0.25, 0.3) is 0 Å². The Balaban J connectivity index is 1.86. The molecule has 1 fully saturated rings. The van der Waals surface area contributed by atoms with Crippen molar-refractivity contribution in [3.05, 3.63) is 23.8 Å². The van der Waals surface area contributed by atoms with Crippen LogP contribution in [0.5, 0.6) is 11.5 Å². The van der Waals surface area contributed by atoms with Gasteiger partial charge in [0.2, 0.25) is 5.91 Å². The van der Waals surface area contributed by atoms with E-state index >= 15 is 0 Å². The van der Waals surface area contributed by atoms with E-state index in [1.807, 2.05) is 12.1 Å². The summed E-state index contributed by atoms with van der Waals surface area (Å²) in [5.74, 6) is 1.36. The molecule has 22 heavy (non-hydrogen) atoms. The highest BCUT2D eigenvalue weighted by Crippen LogP contribution is 2.27. The standard InChI is InChI=1S/C15H21NO5S/c1-20-13-5-3-11(9-14(13)21-2)4-6-15(17)16-12-7-8-22(18,19)10-12/h3,5,9,12H,4,6-8,10H2,1-2H3,(H,16,17)/t12-/m0/s1. The normalized spacial score (nSPS) is 19.6. The lowest BCUT2D eigenvalue weighted by molar-refractivity contribution is -0.121. The van der Waals surface area contributed by atoms with Gasteiger partial charge in [0.15, 0.2) is 21.3 Å². The van der Waals surface area contributed by atoms with Crippen LogP contribution in [0.2, 0.25) is 0 Å². The van der Waals surface area contributed by atoms with Crippen molar-refractivity contribution in [2.45, 2.75) is 25.3 Å². The number of sulfone groups is 1. The summed E-state index contributed by atoms with van der Waals surface area (Å²) >= 11 is 0. The first-order valence-corrected chi connectivity index (χ1v) is 8.96. The molecule has 1 amide bonds. The van der Waals surface area contributed by atoms with Crippen LogP contribution in [0.15, 0.2) is 18.2 Å². The Morgan fingerprint density at radius 3 is 2.59 bits per heavy atom.